The number of nitrogens with one attached hydrogen (secondary N) is 2. The molecule has 0 amide bonds. The van der Waals surface area contributed by atoms with Crippen LogP contribution in [-0.4, -0.2) is 53.8 Å². The Morgan fingerprint density at radius 2 is 2.03 bits per heavy atom. The lowest BCUT2D eigenvalue weighted by atomic mass is 10.3. The Kier molecular flexibility index (Phi) is 8.00. The lowest BCUT2D eigenvalue weighted by molar-refractivity contribution is 0.340. The lowest BCUT2D eigenvalue weighted by Crippen LogP contribution is -2.42. The molecule has 7 heteroatoms. The van der Waals surface area contributed by atoms with E-state index in [1.54, 1.807) is 24.3 Å². The summed E-state index contributed by atoms with van der Waals surface area (Å²) in [7, 11) is 0. The van der Waals surface area contributed by atoms with Crippen LogP contribution < -0.4 is 10.6 Å². The number of guanidine groups is 1. The minimum atomic E-state index is -0.322. The third-order valence-electron chi connectivity index (χ3n) is 5.26. The number of allylic oxidation sites excluding steroid dienone is 3. The van der Waals surface area contributed by atoms with E-state index in [0.29, 0.717) is 11.6 Å². The van der Waals surface area contributed by atoms with Crippen molar-refractivity contribution in [3.8, 4) is 0 Å². The van der Waals surface area contributed by atoms with Crippen LogP contribution in [0.25, 0.3) is 0 Å². The average molecular weight is 425 g/mol. The van der Waals surface area contributed by atoms with Gasteiger partial charge in [-0.3, -0.25) is 4.90 Å². The van der Waals surface area contributed by atoms with Crippen LogP contribution in [0.2, 0.25) is 0 Å². The molecule has 0 spiro atoms. The predicted octanol–water partition coefficient (Wildman–Crippen LogP) is 4.33. The molecule has 6 nitrogen and oxygen atoms in total. The molecular weight excluding hydrogens is 391 g/mol. The Morgan fingerprint density at radius 3 is 2.68 bits per heavy atom. The molecule has 3 rings (SSSR count). The maximum Gasteiger partial charge on any atom is 0.209 e. The molecule has 0 aromatic heterocycles. The Labute approximate surface area is 184 Å². The van der Waals surface area contributed by atoms with Crippen molar-refractivity contribution >= 4 is 17.5 Å². The van der Waals surface area contributed by atoms with E-state index in [2.05, 4.69) is 41.0 Å². The van der Waals surface area contributed by atoms with E-state index in [9.17, 15) is 4.39 Å². The minimum absolute atomic E-state index is 0.0730. The first-order chi connectivity index (χ1) is 15.0. The summed E-state index contributed by atoms with van der Waals surface area (Å²) in [6.07, 6.45) is 8.07. The fourth-order valence-corrected chi connectivity index (χ4v) is 3.72. The second kappa shape index (κ2) is 10.9. The molecule has 1 aromatic carbocycles. The fourth-order valence-electron chi connectivity index (χ4n) is 3.72. The maximum absolute atomic E-state index is 14.2. The molecule has 0 unspecified atom stereocenters. The van der Waals surface area contributed by atoms with Gasteiger partial charge in [0.15, 0.2) is 5.84 Å². The van der Waals surface area contributed by atoms with Crippen molar-refractivity contribution in [2.45, 2.75) is 39.7 Å². The minimum Gasteiger partial charge on any atom is -0.369 e. The van der Waals surface area contributed by atoms with Crippen molar-refractivity contribution in [1.29, 1.82) is 0 Å². The summed E-state index contributed by atoms with van der Waals surface area (Å²) in [5.74, 6) is 1.69. The molecule has 2 N–H and O–H groups in total. The lowest BCUT2D eigenvalue weighted by Gasteiger charge is -2.26. The van der Waals surface area contributed by atoms with Crippen LogP contribution in [0.15, 0.2) is 70.6 Å². The number of rotatable bonds is 8. The molecule has 1 saturated heterocycles. The van der Waals surface area contributed by atoms with Crippen molar-refractivity contribution in [2.75, 3.05) is 31.5 Å². The Morgan fingerprint density at radius 1 is 1.29 bits per heavy atom. The van der Waals surface area contributed by atoms with E-state index in [4.69, 9.17) is 4.99 Å². The van der Waals surface area contributed by atoms with Gasteiger partial charge in [-0.1, -0.05) is 30.9 Å². The zero-order valence-corrected chi connectivity index (χ0v) is 18.7. The smallest absolute Gasteiger partial charge is 0.209 e. The molecule has 0 bridgehead atoms. The van der Waals surface area contributed by atoms with Crippen molar-refractivity contribution in [3.63, 3.8) is 0 Å². The van der Waals surface area contributed by atoms with E-state index in [0.717, 1.165) is 30.4 Å². The monoisotopic (exact) mass is 424 g/mol. The largest absolute Gasteiger partial charge is 0.369 e. The Balaban J connectivity index is 1.81. The summed E-state index contributed by atoms with van der Waals surface area (Å²) in [6, 6.07) is 6.66. The van der Waals surface area contributed by atoms with E-state index in [1.807, 2.05) is 24.0 Å². The highest BCUT2D eigenvalue weighted by molar-refractivity contribution is 6.18. The zero-order valence-electron chi connectivity index (χ0n) is 18.7. The number of amidine groups is 1. The van der Waals surface area contributed by atoms with Gasteiger partial charge in [-0.25, -0.2) is 14.4 Å². The van der Waals surface area contributed by atoms with Crippen LogP contribution in [0.5, 0.6) is 0 Å². The molecule has 0 aliphatic carbocycles. The number of benzene rings is 1. The van der Waals surface area contributed by atoms with Crippen LogP contribution >= 0.6 is 0 Å². The molecule has 0 saturated carbocycles. The zero-order chi connectivity index (χ0) is 22.2. The first-order valence-electron chi connectivity index (χ1n) is 11.0. The molecule has 2 aliphatic rings. The van der Waals surface area contributed by atoms with E-state index in [1.165, 1.54) is 32.0 Å². The number of halogens is 1. The van der Waals surface area contributed by atoms with Gasteiger partial charge in [-0.2, -0.15) is 0 Å². The van der Waals surface area contributed by atoms with Crippen molar-refractivity contribution in [2.24, 2.45) is 9.98 Å². The van der Waals surface area contributed by atoms with E-state index >= 15 is 0 Å². The van der Waals surface area contributed by atoms with Crippen LogP contribution in [0.3, 0.4) is 0 Å². The number of para-hydroxylation sites is 1. The van der Waals surface area contributed by atoms with E-state index in [-0.39, 0.29) is 11.9 Å². The number of nitrogens with zero attached hydrogens (tertiary/aromatic N) is 4. The molecule has 166 valence electrons. The van der Waals surface area contributed by atoms with Gasteiger partial charge >= 0.3 is 0 Å². The van der Waals surface area contributed by atoms with Crippen LogP contribution in [0.1, 0.15) is 33.6 Å². The van der Waals surface area contributed by atoms with Gasteiger partial charge in [0.05, 0.1) is 5.69 Å². The molecule has 2 aliphatic heterocycles. The van der Waals surface area contributed by atoms with Gasteiger partial charge in [0.1, 0.15) is 17.3 Å². The second-order valence-corrected chi connectivity index (χ2v) is 7.88. The average Bonchev–Trinajstić information content (AvgIpc) is 3.37. The van der Waals surface area contributed by atoms with Crippen molar-refractivity contribution < 1.29 is 4.39 Å². The number of anilines is 1. The van der Waals surface area contributed by atoms with Gasteiger partial charge in [0.2, 0.25) is 5.96 Å². The number of likely N-dealkylation sites (tertiary alicyclic amines) is 1. The van der Waals surface area contributed by atoms with E-state index < -0.39 is 0 Å². The highest BCUT2D eigenvalue weighted by atomic mass is 19.1. The Bertz CT molecular complexity index is 893. The highest BCUT2D eigenvalue weighted by Gasteiger charge is 2.31. The number of hydrogen-bond acceptors (Lipinski definition) is 5. The van der Waals surface area contributed by atoms with Gasteiger partial charge in [0.25, 0.3) is 0 Å². The fraction of sp³-hybridized carbons (Fsp3) is 0.417. The molecule has 2 heterocycles. The summed E-state index contributed by atoms with van der Waals surface area (Å²) >= 11 is 0. The molecule has 0 atom stereocenters. The SMILES string of the molecule is C=C/C=C(/N=C1\C(=C/C)N=C(Nc2ccccc2F)N1C(C)C)NCCN1CCCC1. The molecule has 1 aromatic rings. The number of hydrogen-bond donors (Lipinski definition) is 2. The molecule has 31 heavy (non-hydrogen) atoms. The van der Waals surface area contributed by atoms with Crippen LogP contribution in [0, 0.1) is 5.82 Å². The first kappa shape index (κ1) is 22.7. The highest BCUT2D eigenvalue weighted by Crippen LogP contribution is 2.23. The van der Waals surface area contributed by atoms with Gasteiger partial charge in [-0.05, 0) is 64.9 Å². The van der Waals surface area contributed by atoms with Crippen LogP contribution in [-0.2, 0) is 0 Å². The maximum atomic E-state index is 14.2. The van der Waals surface area contributed by atoms with Gasteiger partial charge in [-0.15, -0.1) is 0 Å². The quantitative estimate of drug-likeness (QED) is 0.610. The first-order valence-corrected chi connectivity index (χ1v) is 11.0. The van der Waals surface area contributed by atoms with Gasteiger partial charge in [0, 0.05) is 19.1 Å². The second-order valence-electron chi connectivity index (χ2n) is 7.88. The summed E-state index contributed by atoms with van der Waals surface area (Å²) < 4.78 is 14.2. The summed E-state index contributed by atoms with van der Waals surface area (Å²) in [6.45, 7) is 14.0. The topological polar surface area (TPSA) is 55.3 Å². The normalized spacial score (nSPS) is 20.1. The standard InChI is InChI=1S/C24H33FN6/c1-5-11-22(26-14-17-30-15-9-10-16-30)29-23-20(6-2)27-24(31(23)18(3)4)28-21-13-8-7-12-19(21)25/h5-8,11-13,18,26H,1,9-10,14-17H2,2-4H3,(H,27,28)/b20-6+,22-11+,29-23+. The summed E-state index contributed by atoms with van der Waals surface area (Å²) in [5, 5.41) is 6.56. The van der Waals surface area contributed by atoms with Crippen molar-refractivity contribution in [3.05, 3.63) is 66.4 Å². The third kappa shape index (κ3) is 5.82. The molecule has 0 radical (unpaired) electrons. The van der Waals surface area contributed by atoms with Gasteiger partial charge < -0.3 is 15.5 Å². The summed E-state index contributed by atoms with van der Waals surface area (Å²) in [5.41, 5.74) is 1.12. The summed E-state index contributed by atoms with van der Waals surface area (Å²) in [4.78, 5) is 14.0. The molecular formula is C24H33FN6. The van der Waals surface area contributed by atoms with Crippen molar-refractivity contribution in [1.82, 2.24) is 15.1 Å². The van der Waals surface area contributed by atoms with Crippen LogP contribution in [0.4, 0.5) is 10.1 Å². The molecule has 1 fully saturated rings. The Hall–Kier alpha value is -2.93. The predicted molar refractivity (Wildman–Crippen MR) is 128 cm³/mol. The number of aliphatic imine (C=N–C) groups is 2. The third-order valence-corrected chi connectivity index (χ3v) is 5.26.